The fraction of sp³-hybridized carbons (Fsp3) is 0.261. The topological polar surface area (TPSA) is 44.8 Å². The van der Waals surface area contributed by atoms with Gasteiger partial charge >= 0.3 is 0 Å². The summed E-state index contributed by atoms with van der Waals surface area (Å²) in [4.78, 5) is 12.4. The minimum atomic E-state index is -0.0799. The van der Waals surface area contributed by atoms with Gasteiger partial charge in [0.1, 0.15) is 17.2 Å². The van der Waals surface area contributed by atoms with Gasteiger partial charge in [-0.3, -0.25) is 4.79 Å². The highest BCUT2D eigenvalue weighted by molar-refractivity contribution is 6.06. The highest BCUT2D eigenvalue weighted by Crippen LogP contribution is 2.32. The molecule has 0 aromatic heterocycles. The molecule has 0 amide bonds. The van der Waals surface area contributed by atoms with E-state index in [0.29, 0.717) is 25.2 Å². The van der Waals surface area contributed by atoms with E-state index in [0.717, 1.165) is 28.4 Å². The Hall–Kier alpha value is -3.01. The van der Waals surface area contributed by atoms with Crippen LogP contribution in [0.1, 0.15) is 35.3 Å². The zero-order valence-corrected chi connectivity index (χ0v) is 16.2. The molecule has 2 rings (SSSR count). The summed E-state index contributed by atoms with van der Waals surface area (Å²) in [7, 11) is 1.60. The lowest BCUT2D eigenvalue weighted by atomic mass is 10.0. The Morgan fingerprint density at radius 2 is 1.63 bits per heavy atom. The van der Waals surface area contributed by atoms with Crippen LogP contribution in [0.4, 0.5) is 0 Å². The number of methoxy groups -OCH3 is 1. The number of ether oxygens (including phenoxy) is 3. The molecule has 0 N–H and O–H groups in total. The van der Waals surface area contributed by atoms with Crippen molar-refractivity contribution in [3.05, 3.63) is 71.8 Å². The first-order valence-corrected chi connectivity index (χ1v) is 9.02. The number of allylic oxidation sites excluding steroid dienone is 2. The molecule has 0 atom stereocenters. The molecule has 4 heteroatoms. The van der Waals surface area contributed by atoms with E-state index in [9.17, 15) is 4.79 Å². The van der Waals surface area contributed by atoms with Crippen LogP contribution in [0.3, 0.4) is 0 Å². The second-order valence-electron chi connectivity index (χ2n) is 5.78. The fourth-order valence-corrected chi connectivity index (χ4v) is 2.67. The second kappa shape index (κ2) is 10.2. The van der Waals surface area contributed by atoms with Crippen molar-refractivity contribution in [3.8, 4) is 17.2 Å². The van der Waals surface area contributed by atoms with Gasteiger partial charge in [-0.2, -0.15) is 0 Å². The largest absolute Gasteiger partial charge is 0.497 e. The quantitative estimate of drug-likeness (QED) is 0.333. The van der Waals surface area contributed by atoms with Crippen LogP contribution in [0.25, 0.3) is 6.08 Å². The number of carbonyl (C=O) groups excluding carboxylic acids is 1. The molecule has 4 nitrogen and oxygen atoms in total. The van der Waals surface area contributed by atoms with Crippen molar-refractivity contribution in [2.24, 2.45) is 0 Å². The van der Waals surface area contributed by atoms with Crippen molar-refractivity contribution in [3.63, 3.8) is 0 Å². The maximum Gasteiger partial charge on any atom is 0.185 e. The first-order valence-electron chi connectivity index (χ1n) is 9.02. The highest BCUT2D eigenvalue weighted by Gasteiger charge is 2.12. The van der Waals surface area contributed by atoms with Crippen LogP contribution in [0.2, 0.25) is 0 Å². The predicted molar refractivity (Wildman–Crippen MR) is 109 cm³/mol. The average molecular weight is 366 g/mol. The van der Waals surface area contributed by atoms with Gasteiger partial charge in [-0.1, -0.05) is 12.2 Å². The maximum atomic E-state index is 12.4. The lowest BCUT2D eigenvalue weighted by molar-refractivity contribution is 0.104. The van der Waals surface area contributed by atoms with Crippen LogP contribution in [0.5, 0.6) is 17.2 Å². The summed E-state index contributed by atoms with van der Waals surface area (Å²) in [6.07, 6.45) is 5.80. The first-order chi connectivity index (χ1) is 13.1. The molecule has 0 aliphatic carbocycles. The molecule has 0 heterocycles. The van der Waals surface area contributed by atoms with Crippen LogP contribution >= 0.6 is 0 Å². The summed E-state index contributed by atoms with van der Waals surface area (Å²) >= 11 is 0. The Morgan fingerprint density at radius 1 is 1.04 bits per heavy atom. The van der Waals surface area contributed by atoms with Gasteiger partial charge in [0.05, 0.1) is 20.3 Å². The van der Waals surface area contributed by atoms with E-state index >= 15 is 0 Å². The lowest BCUT2D eigenvalue weighted by Gasteiger charge is -2.15. The minimum absolute atomic E-state index is 0.0799. The van der Waals surface area contributed by atoms with E-state index in [4.69, 9.17) is 14.2 Å². The number of carbonyl (C=O) groups is 1. The Kier molecular flexibility index (Phi) is 7.68. The molecule has 0 bridgehead atoms. The Balaban J connectivity index is 2.31. The molecule has 0 aliphatic heterocycles. The Labute approximate surface area is 161 Å². The SMILES string of the molecule is C=CCc1c(OCC)cc(C=CC(=O)c2ccc(OC)cc2)cc1OCC. The standard InChI is InChI=1S/C23H26O4/c1-5-8-20-22(26-6-2)15-17(16-23(20)27-7-3)9-14-21(24)18-10-12-19(25-4)13-11-18/h5,9-16H,1,6-8H2,2-4H3. The Bertz CT molecular complexity index is 777. The molecule has 0 radical (unpaired) electrons. The molecular weight excluding hydrogens is 340 g/mol. The molecule has 0 saturated carbocycles. The van der Waals surface area contributed by atoms with E-state index in [-0.39, 0.29) is 5.78 Å². The molecule has 2 aromatic carbocycles. The van der Waals surface area contributed by atoms with Gasteiger partial charge in [-0.15, -0.1) is 6.58 Å². The minimum Gasteiger partial charge on any atom is -0.497 e. The van der Waals surface area contributed by atoms with Gasteiger partial charge in [0, 0.05) is 11.1 Å². The number of hydrogen-bond donors (Lipinski definition) is 0. The van der Waals surface area contributed by atoms with Crippen LogP contribution < -0.4 is 14.2 Å². The van der Waals surface area contributed by atoms with Gasteiger partial charge in [0.15, 0.2) is 5.78 Å². The number of rotatable bonds is 10. The number of hydrogen-bond acceptors (Lipinski definition) is 4. The van der Waals surface area contributed by atoms with E-state index < -0.39 is 0 Å². The molecular formula is C23H26O4. The fourth-order valence-electron chi connectivity index (χ4n) is 2.67. The summed E-state index contributed by atoms with van der Waals surface area (Å²) in [6, 6.07) is 10.9. The van der Waals surface area contributed by atoms with Crippen LogP contribution in [0, 0.1) is 0 Å². The lowest BCUT2D eigenvalue weighted by Crippen LogP contribution is -2.02. The van der Waals surface area contributed by atoms with Gasteiger partial charge in [-0.05, 0) is 68.3 Å². The third kappa shape index (κ3) is 5.48. The zero-order chi connectivity index (χ0) is 19.6. The average Bonchev–Trinajstić information content (AvgIpc) is 2.69. The highest BCUT2D eigenvalue weighted by atomic mass is 16.5. The third-order valence-electron chi connectivity index (χ3n) is 3.94. The zero-order valence-electron chi connectivity index (χ0n) is 16.2. The summed E-state index contributed by atoms with van der Waals surface area (Å²) in [5.41, 5.74) is 2.41. The molecule has 0 spiro atoms. The normalized spacial score (nSPS) is 10.6. The van der Waals surface area contributed by atoms with Gasteiger partial charge < -0.3 is 14.2 Å². The molecule has 2 aromatic rings. The van der Waals surface area contributed by atoms with E-state index in [1.54, 1.807) is 43.5 Å². The first kappa shape index (κ1) is 20.3. The van der Waals surface area contributed by atoms with Crippen molar-refractivity contribution in [1.29, 1.82) is 0 Å². The molecule has 0 fully saturated rings. The van der Waals surface area contributed by atoms with Crippen molar-refractivity contribution < 1.29 is 19.0 Å². The van der Waals surface area contributed by atoms with Crippen LogP contribution in [-0.4, -0.2) is 26.1 Å². The molecule has 27 heavy (non-hydrogen) atoms. The van der Waals surface area contributed by atoms with Gasteiger partial charge in [0.2, 0.25) is 0 Å². The van der Waals surface area contributed by atoms with E-state index in [1.807, 2.05) is 32.1 Å². The van der Waals surface area contributed by atoms with Crippen LogP contribution in [0.15, 0.2) is 55.1 Å². The van der Waals surface area contributed by atoms with Crippen molar-refractivity contribution in [2.75, 3.05) is 20.3 Å². The van der Waals surface area contributed by atoms with Crippen LogP contribution in [-0.2, 0) is 6.42 Å². The second-order valence-corrected chi connectivity index (χ2v) is 5.78. The summed E-state index contributed by atoms with van der Waals surface area (Å²) < 4.78 is 16.7. The van der Waals surface area contributed by atoms with Crippen molar-refractivity contribution in [1.82, 2.24) is 0 Å². The maximum absolute atomic E-state index is 12.4. The Morgan fingerprint density at radius 3 is 2.11 bits per heavy atom. The summed E-state index contributed by atoms with van der Waals surface area (Å²) in [5, 5.41) is 0. The summed E-state index contributed by atoms with van der Waals surface area (Å²) in [6.45, 7) is 8.78. The monoisotopic (exact) mass is 366 g/mol. The van der Waals surface area contributed by atoms with Gasteiger partial charge in [-0.25, -0.2) is 0 Å². The van der Waals surface area contributed by atoms with Gasteiger partial charge in [0.25, 0.3) is 0 Å². The van der Waals surface area contributed by atoms with E-state index in [2.05, 4.69) is 6.58 Å². The smallest absolute Gasteiger partial charge is 0.185 e. The molecule has 142 valence electrons. The predicted octanol–water partition coefficient (Wildman–Crippen LogP) is 5.12. The van der Waals surface area contributed by atoms with E-state index in [1.165, 1.54) is 0 Å². The number of ketones is 1. The third-order valence-corrected chi connectivity index (χ3v) is 3.94. The molecule has 0 aliphatic rings. The molecule has 0 saturated heterocycles. The summed E-state index contributed by atoms with van der Waals surface area (Å²) in [5.74, 6) is 2.14. The molecule has 0 unspecified atom stereocenters. The van der Waals surface area contributed by atoms with Crippen molar-refractivity contribution in [2.45, 2.75) is 20.3 Å². The van der Waals surface area contributed by atoms with Crippen molar-refractivity contribution >= 4 is 11.9 Å². The number of benzene rings is 2.